The van der Waals surface area contributed by atoms with Crippen molar-refractivity contribution in [2.24, 2.45) is 0 Å². The molecule has 68 valence electrons. The lowest BCUT2D eigenvalue weighted by Gasteiger charge is -2.01. The summed E-state index contributed by atoms with van der Waals surface area (Å²) < 4.78 is 2.40. The van der Waals surface area contributed by atoms with Gasteiger partial charge in [0.1, 0.15) is 0 Å². The lowest BCUT2D eigenvalue weighted by atomic mass is 10.2. The zero-order valence-corrected chi connectivity index (χ0v) is 11.2. The number of fused-ring (bicyclic) bond motifs is 1. The summed E-state index contributed by atoms with van der Waals surface area (Å²) in [6.07, 6.45) is 0. The van der Waals surface area contributed by atoms with E-state index in [0.29, 0.717) is 0 Å². The number of halogens is 3. The molecule has 0 N–H and O–H groups in total. The Labute approximate surface area is 102 Å². The van der Waals surface area contributed by atoms with Crippen LogP contribution in [0.1, 0.15) is 5.56 Å². The molecule has 0 amide bonds. The molecule has 1 heterocycles. The molecule has 1 aromatic heterocycles. The van der Waals surface area contributed by atoms with Gasteiger partial charge >= 0.3 is 0 Å². The van der Waals surface area contributed by atoms with E-state index in [1.165, 1.54) is 10.3 Å². The van der Waals surface area contributed by atoms with Crippen LogP contribution in [0.4, 0.5) is 0 Å². The average Bonchev–Trinajstić information content (AvgIpc) is 2.48. The van der Waals surface area contributed by atoms with Gasteiger partial charge in [-0.2, -0.15) is 0 Å². The maximum absolute atomic E-state index is 6.03. The normalized spacial score (nSPS) is 11.0. The Kier molecular flexibility index (Phi) is 2.98. The highest BCUT2D eigenvalue weighted by Crippen LogP contribution is 2.36. The number of rotatable bonds is 1. The van der Waals surface area contributed by atoms with Crippen LogP contribution in [0.2, 0.25) is 5.02 Å². The van der Waals surface area contributed by atoms with Crippen molar-refractivity contribution in [1.82, 2.24) is 0 Å². The van der Waals surface area contributed by atoms with E-state index in [1.807, 2.05) is 17.5 Å². The van der Waals surface area contributed by atoms with Crippen molar-refractivity contribution in [1.29, 1.82) is 0 Å². The van der Waals surface area contributed by atoms with E-state index in [9.17, 15) is 0 Å². The highest BCUT2D eigenvalue weighted by molar-refractivity contribution is 9.10. The molecule has 2 rings (SSSR count). The van der Waals surface area contributed by atoms with Crippen molar-refractivity contribution in [3.8, 4) is 0 Å². The van der Waals surface area contributed by atoms with E-state index >= 15 is 0 Å². The Balaban J connectivity index is 2.85. The molecule has 0 aliphatic heterocycles. The molecule has 0 aliphatic rings. The van der Waals surface area contributed by atoms with Crippen molar-refractivity contribution in [3.63, 3.8) is 0 Å². The van der Waals surface area contributed by atoms with Gasteiger partial charge in [0.25, 0.3) is 0 Å². The summed E-state index contributed by atoms with van der Waals surface area (Å²) in [5, 5.41) is 4.81. The van der Waals surface area contributed by atoms with Gasteiger partial charge in [0.15, 0.2) is 0 Å². The van der Waals surface area contributed by atoms with Crippen molar-refractivity contribution in [2.45, 2.75) is 5.33 Å². The minimum atomic E-state index is 0.842. The van der Waals surface area contributed by atoms with Crippen LogP contribution in [0.5, 0.6) is 0 Å². The third-order valence-corrected chi connectivity index (χ3v) is 4.68. The summed E-state index contributed by atoms with van der Waals surface area (Å²) in [6, 6.07) is 4.09. The van der Waals surface area contributed by atoms with Crippen molar-refractivity contribution >= 4 is 64.9 Å². The quantitative estimate of drug-likeness (QED) is 0.625. The van der Waals surface area contributed by atoms with Gasteiger partial charge in [-0.1, -0.05) is 49.5 Å². The molecule has 0 aliphatic carbocycles. The number of hydrogen-bond acceptors (Lipinski definition) is 1. The second-order valence-electron chi connectivity index (χ2n) is 2.62. The van der Waals surface area contributed by atoms with E-state index in [2.05, 4.69) is 31.9 Å². The second kappa shape index (κ2) is 3.89. The molecule has 1 aromatic carbocycles. The van der Waals surface area contributed by atoms with Gasteiger partial charge in [-0.25, -0.2) is 0 Å². The SMILES string of the molecule is Clc1csc2c(CBr)c(Br)ccc12. The molecule has 2 aromatic rings. The molecule has 4 heteroatoms. The molecular formula is C9H5Br2ClS. The van der Waals surface area contributed by atoms with Crippen molar-refractivity contribution < 1.29 is 0 Å². The molecule has 0 nitrogen and oxygen atoms in total. The first-order chi connectivity index (χ1) is 6.24. The first kappa shape index (κ1) is 9.97. The summed E-state index contributed by atoms with van der Waals surface area (Å²) in [5.41, 5.74) is 1.27. The van der Waals surface area contributed by atoms with Crippen LogP contribution in [-0.2, 0) is 5.33 Å². The fourth-order valence-electron chi connectivity index (χ4n) is 1.23. The highest BCUT2D eigenvalue weighted by atomic mass is 79.9. The van der Waals surface area contributed by atoms with E-state index in [4.69, 9.17) is 11.6 Å². The third kappa shape index (κ3) is 1.67. The van der Waals surface area contributed by atoms with Crippen molar-refractivity contribution in [3.05, 3.63) is 32.6 Å². The minimum Gasteiger partial charge on any atom is -0.142 e. The Morgan fingerprint density at radius 2 is 2.15 bits per heavy atom. The Hall–Kier alpha value is 0.430. The minimum absolute atomic E-state index is 0.842. The predicted molar refractivity (Wildman–Crippen MR) is 67.2 cm³/mol. The summed E-state index contributed by atoms with van der Waals surface area (Å²) in [7, 11) is 0. The van der Waals surface area contributed by atoms with Crippen LogP contribution in [0.25, 0.3) is 10.1 Å². The molecule has 0 spiro atoms. The van der Waals surface area contributed by atoms with Crippen LogP contribution in [0, 0.1) is 0 Å². The summed E-state index contributed by atoms with van der Waals surface area (Å²) in [6.45, 7) is 0. The zero-order valence-electron chi connectivity index (χ0n) is 6.48. The number of benzene rings is 1. The summed E-state index contributed by atoms with van der Waals surface area (Å²) >= 11 is 14.7. The second-order valence-corrected chi connectivity index (χ2v) is 5.32. The first-order valence-electron chi connectivity index (χ1n) is 3.64. The molecule has 0 saturated carbocycles. The number of thiophene rings is 1. The Morgan fingerprint density at radius 3 is 2.85 bits per heavy atom. The molecule has 0 unspecified atom stereocenters. The number of alkyl halides is 1. The molecule has 13 heavy (non-hydrogen) atoms. The standard InChI is InChI=1S/C9H5Br2ClS/c10-3-6-7(11)2-1-5-8(12)4-13-9(5)6/h1-2,4H,3H2. The van der Waals surface area contributed by atoms with Gasteiger partial charge in [0.05, 0.1) is 5.02 Å². The molecule has 0 atom stereocenters. The maximum Gasteiger partial charge on any atom is 0.0591 e. The average molecular weight is 340 g/mol. The van der Waals surface area contributed by atoms with E-state index in [-0.39, 0.29) is 0 Å². The third-order valence-electron chi connectivity index (χ3n) is 1.87. The van der Waals surface area contributed by atoms with Crippen molar-refractivity contribution in [2.75, 3.05) is 0 Å². The Bertz CT molecular complexity index is 450. The van der Waals surface area contributed by atoms with Gasteiger partial charge in [0, 0.05) is 25.3 Å². The van der Waals surface area contributed by atoms with Gasteiger partial charge in [-0.15, -0.1) is 11.3 Å². The van der Waals surface area contributed by atoms with Crippen LogP contribution in [-0.4, -0.2) is 0 Å². The number of hydrogen-bond donors (Lipinski definition) is 0. The zero-order chi connectivity index (χ0) is 9.42. The predicted octanol–water partition coefficient (Wildman–Crippen LogP) is 5.21. The van der Waals surface area contributed by atoms with E-state index < -0.39 is 0 Å². The molecule has 0 saturated heterocycles. The Morgan fingerprint density at radius 1 is 1.38 bits per heavy atom. The van der Waals surface area contributed by atoms with E-state index in [0.717, 1.165) is 20.2 Å². The fourth-order valence-corrected chi connectivity index (χ4v) is 4.30. The first-order valence-corrected chi connectivity index (χ1v) is 6.81. The lowest BCUT2D eigenvalue weighted by Crippen LogP contribution is -1.79. The van der Waals surface area contributed by atoms with Gasteiger partial charge in [0.2, 0.25) is 0 Å². The largest absolute Gasteiger partial charge is 0.142 e. The highest BCUT2D eigenvalue weighted by Gasteiger charge is 2.08. The molecular weight excluding hydrogens is 335 g/mol. The maximum atomic E-state index is 6.03. The summed E-state index contributed by atoms with van der Waals surface area (Å²) in [4.78, 5) is 0. The monoisotopic (exact) mass is 338 g/mol. The smallest absolute Gasteiger partial charge is 0.0591 e. The summed E-state index contributed by atoms with van der Waals surface area (Å²) in [5.74, 6) is 0. The van der Waals surface area contributed by atoms with Gasteiger partial charge in [-0.3, -0.25) is 0 Å². The van der Waals surface area contributed by atoms with Gasteiger partial charge in [-0.05, 0) is 11.6 Å². The van der Waals surface area contributed by atoms with Crippen LogP contribution >= 0.6 is 54.8 Å². The van der Waals surface area contributed by atoms with Crippen LogP contribution < -0.4 is 0 Å². The molecule has 0 radical (unpaired) electrons. The van der Waals surface area contributed by atoms with E-state index in [1.54, 1.807) is 11.3 Å². The van der Waals surface area contributed by atoms with Gasteiger partial charge < -0.3 is 0 Å². The molecule has 0 bridgehead atoms. The topological polar surface area (TPSA) is 0 Å². The van der Waals surface area contributed by atoms with Crippen LogP contribution in [0.15, 0.2) is 22.0 Å². The fraction of sp³-hybridized carbons (Fsp3) is 0.111. The molecule has 0 fully saturated rings. The lowest BCUT2D eigenvalue weighted by molar-refractivity contribution is 1.47. The van der Waals surface area contributed by atoms with Crippen LogP contribution in [0.3, 0.4) is 0 Å².